The van der Waals surface area contributed by atoms with Gasteiger partial charge in [-0.05, 0) is 92.6 Å². The number of ether oxygens (including phenoxy) is 12. The van der Waals surface area contributed by atoms with E-state index in [0.29, 0.717) is 50.7 Å². The van der Waals surface area contributed by atoms with E-state index in [4.69, 9.17) is 56.8 Å². The molecule has 0 saturated carbocycles. The van der Waals surface area contributed by atoms with Gasteiger partial charge in [0.1, 0.15) is 11.9 Å². The summed E-state index contributed by atoms with van der Waals surface area (Å²) in [6.45, 7) is 19.0. The minimum Gasteiger partial charge on any atom is -0.466 e. The summed E-state index contributed by atoms with van der Waals surface area (Å²) >= 11 is 0. The van der Waals surface area contributed by atoms with E-state index in [1.807, 2.05) is 0 Å². The van der Waals surface area contributed by atoms with Crippen LogP contribution in [0.2, 0.25) is 0 Å². The Morgan fingerprint density at radius 2 is 1.52 bits per heavy atom. The topological polar surface area (TPSA) is 145 Å². The molecule has 0 aromatic carbocycles. The molecule has 9 saturated heterocycles. The van der Waals surface area contributed by atoms with Crippen LogP contribution in [0.1, 0.15) is 137 Å². The summed E-state index contributed by atoms with van der Waals surface area (Å²) in [6, 6.07) is 0. The van der Waals surface area contributed by atoms with Crippen molar-refractivity contribution in [2.45, 2.75) is 240 Å². The first-order chi connectivity index (χ1) is 32.3. The molecule has 21 atom stereocenters. The maximum absolute atomic E-state index is 13.7. The Morgan fingerprint density at radius 3 is 2.31 bits per heavy atom. The molecule has 14 nitrogen and oxygen atoms in total. The van der Waals surface area contributed by atoms with Crippen molar-refractivity contribution >= 4 is 11.8 Å². The van der Waals surface area contributed by atoms with E-state index in [1.165, 1.54) is 5.57 Å². The Kier molecular flexibility index (Phi) is 16.4. The number of ketones is 1. The molecule has 9 heterocycles. The van der Waals surface area contributed by atoms with Crippen LogP contribution in [0.15, 0.2) is 24.3 Å². The molecule has 67 heavy (non-hydrogen) atoms. The van der Waals surface area contributed by atoms with Gasteiger partial charge >= 0.3 is 5.97 Å². The number of methoxy groups -OCH3 is 2. The Labute approximate surface area is 399 Å². The number of Topliss-reactive ketones (excluding diaryl/α,β-unsaturated/α-hetero) is 1. The molecule has 9 rings (SSSR count). The molecule has 10 unspecified atom stereocenters. The summed E-state index contributed by atoms with van der Waals surface area (Å²) in [5.41, 5.74) is 2.28. The molecule has 0 N–H and O–H groups in total. The van der Waals surface area contributed by atoms with Crippen LogP contribution in [0, 0.1) is 23.7 Å². The van der Waals surface area contributed by atoms with Gasteiger partial charge in [0.25, 0.3) is 0 Å². The number of carbonyl (C=O) groups excluding carboxylic acids is 2. The third kappa shape index (κ3) is 11.2. The second-order valence-corrected chi connectivity index (χ2v) is 21.8. The van der Waals surface area contributed by atoms with Crippen molar-refractivity contribution in [3.8, 4) is 0 Å². The van der Waals surface area contributed by atoms with Gasteiger partial charge in [0, 0.05) is 72.4 Å². The highest BCUT2D eigenvalue weighted by atomic mass is 16.7. The molecule has 378 valence electrons. The minimum atomic E-state index is -0.678. The van der Waals surface area contributed by atoms with Gasteiger partial charge in [-0.2, -0.15) is 0 Å². The number of esters is 1. The number of fused-ring (bicyclic) bond motifs is 8. The van der Waals surface area contributed by atoms with Crippen LogP contribution in [0.25, 0.3) is 0 Å². The SMILES string of the molecule is C=C1CC(CC[C@]23CCC(O2)C2CC(O3)C3OC(CC(=O)OCCC4[C@H](CC5OCC[C@@H](C)C5=C)O[C@H]5C[C@@H](OC)[C@@H](CC(=O)C[C@@H]6OCC[C@H](C)[C@@H]6OC)O[C@H]5[C@@H]4C)CCC3O2)OC1CC. The smallest absolute Gasteiger partial charge is 0.308 e. The van der Waals surface area contributed by atoms with Crippen molar-refractivity contribution in [2.24, 2.45) is 23.7 Å². The fraction of sp³-hybridized carbons (Fsp3) is 0.887. The van der Waals surface area contributed by atoms with Crippen LogP contribution in [0.5, 0.6) is 0 Å². The predicted octanol–water partition coefficient (Wildman–Crippen LogP) is 7.55. The van der Waals surface area contributed by atoms with E-state index >= 15 is 0 Å². The molecule has 0 aromatic heterocycles. The minimum absolute atomic E-state index is 0.00104. The fourth-order valence-corrected chi connectivity index (χ4v) is 13.5. The van der Waals surface area contributed by atoms with Crippen LogP contribution in [0.4, 0.5) is 0 Å². The predicted molar refractivity (Wildman–Crippen MR) is 246 cm³/mol. The van der Waals surface area contributed by atoms with E-state index in [2.05, 4.69) is 40.9 Å². The van der Waals surface area contributed by atoms with Crippen molar-refractivity contribution in [2.75, 3.05) is 34.0 Å². The monoisotopic (exact) mass is 943 g/mol. The number of hydrogen-bond acceptors (Lipinski definition) is 14. The van der Waals surface area contributed by atoms with Crippen LogP contribution in [0.3, 0.4) is 0 Å². The third-order valence-corrected chi connectivity index (χ3v) is 17.5. The van der Waals surface area contributed by atoms with Gasteiger partial charge in [0.15, 0.2) is 5.79 Å². The number of hydrogen-bond donors (Lipinski definition) is 0. The van der Waals surface area contributed by atoms with Crippen molar-refractivity contribution in [1.82, 2.24) is 0 Å². The molecule has 0 amide bonds. The lowest BCUT2D eigenvalue weighted by Crippen LogP contribution is -2.59. The van der Waals surface area contributed by atoms with Crippen LogP contribution in [-0.4, -0.2) is 149 Å². The Hall–Kier alpha value is -1.82. The Morgan fingerprint density at radius 1 is 0.716 bits per heavy atom. The van der Waals surface area contributed by atoms with Crippen LogP contribution in [-0.2, 0) is 66.4 Å². The van der Waals surface area contributed by atoms with Crippen LogP contribution >= 0.6 is 0 Å². The lowest BCUT2D eigenvalue weighted by molar-refractivity contribution is -0.276. The molecule has 9 aliphatic heterocycles. The van der Waals surface area contributed by atoms with E-state index in [0.717, 1.165) is 69.8 Å². The summed E-state index contributed by atoms with van der Waals surface area (Å²) in [5, 5.41) is 0. The summed E-state index contributed by atoms with van der Waals surface area (Å²) in [6.07, 6.45) is 9.36. The molecule has 9 aliphatic rings. The van der Waals surface area contributed by atoms with Gasteiger partial charge in [-0.25, -0.2) is 0 Å². The number of rotatable bonds is 17. The van der Waals surface area contributed by atoms with Gasteiger partial charge in [0.05, 0.1) is 105 Å². The van der Waals surface area contributed by atoms with Crippen molar-refractivity contribution in [1.29, 1.82) is 0 Å². The van der Waals surface area contributed by atoms with Crippen molar-refractivity contribution < 1.29 is 66.4 Å². The van der Waals surface area contributed by atoms with Gasteiger partial charge in [-0.3, -0.25) is 9.59 Å². The zero-order valence-corrected chi connectivity index (χ0v) is 41.3. The first-order valence-electron chi connectivity index (χ1n) is 26.3. The largest absolute Gasteiger partial charge is 0.466 e. The maximum atomic E-state index is 13.7. The molecule has 9 fully saturated rings. The second-order valence-electron chi connectivity index (χ2n) is 21.8. The van der Waals surface area contributed by atoms with Gasteiger partial charge < -0.3 is 56.8 Å². The van der Waals surface area contributed by atoms with E-state index in [1.54, 1.807) is 14.2 Å². The van der Waals surface area contributed by atoms with Crippen molar-refractivity contribution in [3.05, 3.63) is 24.3 Å². The van der Waals surface area contributed by atoms with Gasteiger partial charge in [-0.1, -0.05) is 40.9 Å². The summed E-state index contributed by atoms with van der Waals surface area (Å²) < 4.78 is 77.4. The third-order valence-electron chi connectivity index (χ3n) is 17.5. The first-order valence-corrected chi connectivity index (χ1v) is 26.3. The molecular formula is C53H82O14. The molecule has 0 radical (unpaired) electrons. The summed E-state index contributed by atoms with van der Waals surface area (Å²) in [7, 11) is 3.37. The highest BCUT2D eigenvalue weighted by molar-refractivity contribution is 5.79. The highest BCUT2D eigenvalue weighted by Crippen LogP contribution is 2.49. The highest BCUT2D eigenvalue weighted by Gasteiger charge is 2.57. The summed E-state index contributed by atoms with van der Waals surface area (Å²) in [5.74, 6) is -0.147. The molecule has 0 spiro atoms. The zero-order chi connectivity index (χ0) is 47.0. The van der Waals surface area contributed by atoms with Gasteiger partial charge in [0.2, 0.25) is 0 Å². The average molecular weight is 943 g/mol. The maximum Gasteiger partial charge on any atom is 0.308 e. The van der Waals surface area contributed by atoms with Crippen molar-refractivity contribution in [3.63, 3.8) is 0 Å². The fourth-order valence-electron chi connectivity index (χ4n) is 13.5. The quantitative estimate of drug-likeness (QED) is 0.105. The summed E-state index contributed by atoms with van der Waals surface area (Å²) in [4.78, 5) is 27.3. The molecule has 14 heteroatoms. The van der Waals surface area contributed by atoms with E-state index in [-0.39, 0.29) is 141 Å². The number of carbonyl (C=O) groups is 2. The van der Waals surface area contributed by atoms with E-state index < -0.39 is 11.9 Å². The lowest BCUT2D eigenvalue weighted by atomic mass is 9.73. The molecule has 0 aromatic rings. The average Bonchev–Trinajstić information content (AvgIpc) is 3.87. The Balaban J connectivity index is 0.805. The standard InChI is InChI=1S/C53H82O14/c1-9-38-31(4)22-36(61-38)12-17-53-18-13-39(66-53)45-28-48(67-53)52-40(63-45)11-10-35(62-52)25-49(55)60-21-16-37-33(6)51-47(64-42(37)26-41-32(5)29(2)14-19-58-41)27-43(56-7)44(65-51)23-34(54)24-46-50(57-8)30(3)15-20-59-46/h29-30,33,35-48,50-52H,4-5,9-28H2,1-3,6-8H3/t29-,30+,33-,35?,36?,37?,38?,39?,40?,41?,42+,43-,44-,45?,46+,47+,48?,50+,51+,52?,53+/m1/s1. The molecule has 0 aliphatic carbocycles. The van der Waals surface area contributed by atoms with Gasteiger partial charge in [-0.15, -0.1) is 0 Å². The second kappa shape index (κ2) is 21.9. The zero-order valence-electron chi connectivity index (χ0n) is 41.3. The van der Waals surface area contributed by atoms with Crippen LogP contribution < -0.4 is 0 Å². The molecule has 4 bridgehead atoms. The molecular weight excluding hydrogens is 861 g/mol. The first kappa shape index (κ1) is 50.1. The van der Waals surface area contributed by atoms with E-state index in [9.17, 15) is 9.59 Å². The lowest BCUT2D eigenvalue weighted by Gasteiger charge is -2.52. The Bertz CT molecular complexity index is 1720. The normalized spacial score (nSPS) is 46.4.